The van der Waals surface area contributed by atoms with Gasteiger partial charge in [-0.1, -0.05) is 5.16 Å². The Morgan fingerprint density at radius 3 is 2.62 bits per heavy atom. The lowest BCUT2D eigenvalue weighted by Gasteiger charge is -2.39. The summed E-state index contributed by atoms with van der Waals surface area (Å²) in [6.07, 6.45) is -3.32. The first-order valence-electron chi connectivity index (χ1n) is 7.21. The minimum absolute atomic E-state index is 0.0785. The number of aromatic nitrogens is 1. The summed E-state index contributed by atoms with van der Waals surface area (Å²) in [7, 11) is 0. The Balaban J connectivity index is 2.10. The van der Waals surface area contributed by atoms with E-state index in [2.05, 4.69) is 5.16 Å². The number of aryl methyl sites for hydroxylation is 1. The van der Waals surface area contributed by atoms with Gasteiger partial charge in [-0.05, 0) is 39.0 Å². The number of anilines is 1. The molecule has 0 atom stereocenters. The Labute approximate surface area is 136 Å². The van der Waals surface area contributed by atoms with Crippen LogP contribution in [0.15, 0.2) is 29.0 Å². The number of halogens is 3. The number of fused-ring (bicyclic) bond motifs is 1. The van der Waals surface area contributed by atoms with Crippen LogP contribution in [0, 0.1) is 6.92 Å². The molecule has 0 N–H and O–H groups in total. The molecule has 1 amide bonds. The zero-order valence-corrected chi connectivity index (χ0v) is 13.3. The molecule has 0 unspecified atom stereocenters. The largest absolute Gasteiger partial charge is 0.484 e. The van der Waals surface area contributed by atoms with E-state index in [9.17, 15) is 18.0 Å². The van der Waals surface area contributed by atoms with Gasteiger partial charge >= 0.3 is 6.18 Å². The molecular formula is C16H15F3N2O3. The summed E-state index contributed by atoms with van der Waals surface area (Å²) in [5, 5.41) is 3.65. The van der Waals surface area contributed by atoms with Gasteiger partial charge < -0.3 is 14.2 Å². The molecule has 24 heavy (non-hydrogen) atoms. The van der Waals surface area contributed by atoms with E-state index in [1.165, 1.54) is 17.2 Å². The standard InChI is InChI=1S/C16H15F3N2O3/c1-9-11(7-23-20-9)14(22)21-8-15(2,3)24-13-5-4-10(6-12(13)21)16(17,18)19/h4-7H,8H2,1-3H3. The lowest BCUT2D eigenvalue weighted by molar-refractivity contribution is -0.137. The number of carbonyl (C=O) groups is 1. The highest BCUT2D eigenvalue weighted by molar-refractivity contribution is 6.07. The lowest BCUT2D eigenvalue weighted by atomic mass is 10.0. The van der Waals surface area contributed by atoms with Crippen molar-refractivity contribution in [3.05, 3.63) is 41.3 Å². The molecule has 5 nitrogen and oxygen atoms in total. The number of alkyl halides is 3. The quantitative estimate of drug-likeness (QED) is 0.792. The van der Waals surface area contributed by atoms with Gasteiger partial charge in [0.25, 0.3) is 5.91 Å². The predicted octanol–water partition coefficient (Wildman–Crippen LogP) is 3.82. The van der Waals surface area contributed by atoms with Gasteiger partial charge in [-0.25, -0.2) is 0 Å². The van der Waals surface area contributed by atoms with Crippen molar-refractivity contribution in [1.29, 1.82) is 0 Å². The van der Waals surface area contributed by atoms with E-state index in [-0.39, 0.29) is 23.5 Å². The van der Waals surface area contributed by atoms with Gasteiger partial charge in [0, 0.05) is 0 Å². The third-order valence-corrected chi connectivity index (χ3v) is 3.73. The van der Waals surface area contributed by atoms with Gasteiger partial charge in [-0.3, -0.25) is 4.79 Å². The lowest BCUT2D eigenvalue weighted by Crippen LogP contribution is -2.49. The van der Waals surface area contributed by atoms with Gasteiger partial charge in [0.2, 0.25) is 0 Å². The van der Waals surface area contributed by atoms with Gasteiger partial charge in [-0.15, -0.1) is 0 Å². The van der Waals surface area contributed by atoms with Crippen molar-refractivity contribution in [3.63, 3.8) is 0 Å². The molecule has 1 aliphatic heterocycles. The summed E-state index contributed by atoms with van der Waals surface area (Å²) >= 11 is 0. The Morgan fingerprint density at radius 1 is 1.33 bits per heavy atom. The minimum atomic E-state index is -4.51. The van der Waals surface area contributed by atoms with Crippen LogP contribution < -0.4 is 9.64 Å². The summed E-state index contributed by atoms with van der Waals surface area (Å²) in [5.74, 6) is -0.257. The molecule has 0 radical (unpaired) electrons. The summed E-state index contributed by atoms with van der Waals surface area (Å²) in [6.45, 7) is 5.21. The van der Waals surface area contributed by atoms with Crippen LogP contribution in [-0.4, -0.2) is 23.2 Å². The number of ether oxygens (including phenoxy) is 1. The van der Waals surface area contributed by atoms with Gasteiger partial charge in [0.1, 0.15) is 23.2 Å². The van der Waals surface area contributed by atoms with E-state index in [4.69, 9.17) is 9.26 Å². The summed E-state index contributed by atoms with van der Waals surface area (Å²) in [6, 6.07) is 3.10. The summed E-state index contributed by atoms with van der Waals surface area (Å²) in [4.78, 5) is 14.1. The zero-order valence-electron chi connectivity index (χ0n) is 13.3. The highest BCUT2D eigenvalue weighted by atomic mass is 19.4. The number of rotatable bonds is 1. The zero-order chi connectivity index (χ0) is 17.7. The number of carbonyl (C=O) groups excluding carboxylic acids is 1. The topological polar surface area (TPSA) is 55.6 Å². The maximum atomic E-state index is 13.0. The second-order valence-electron chi connectivity index (χ2n) is 6.25. The van der Waals surface area contributed by atoms with Crippen LogP contribution in [0.25, 0.3) is 0 Å². The number of hydrogen-bond donors (Lipinski definition) is 0. The molecule has 128 valence electrons. The molecule has 0 saturated carbocycles. The summed E-state index contributed by atoms with van der Waals surface area (Å²) in [5.41, 5.74) is -0.930. The molecule has 8 heteroatoms. The molecular weight excluding hydrogens is 325 g/mol. The fraction of sp³-hybridized carbons (Fsp3) is 0.375. The van der Waals surface area contributed by atoms with Gasteiger partial charge in [0.05, 0.1) is 23.5 Å². The molecule has 2 heterocycles. The number of nitrogens with zero attached hydrogens (tertiary/aromatic N) is 2. The SMILES string of the molecule is Cc1nocc1C(=O)N1CC(C)(C)Oc2ccc(C(F)(F)F)cc21. The summed E-state index contributed by atoms with van der Waals surface area (Å²) < 4.78 is 49.5. The molecule has 1 aromatic heterocycles. The van der Waals surface area contributed by atoms with E-state index in [1.807, 2.05) is 0 Å². The van der Waals surface area contributed by atoms with Crippen molar-refractivity contribution in [3.8, 4) is 5.75 Å². The first kappa shape index (κ1) is 16.4. The monoisotopic (exact) mass is 340 g/mol. The molecule has 3 rings (SSSR count). The highest BCUT2D eigenvalue weighted by Gasteiger charge is 2.39. The van der Waals surface area contributed by atoms with E-state index < -0.39 is 23.2 Å². The average molecular weight is 340 g/mol. The highest BCUT2D eigenvalue weighted by Crippen LogP contribution is 2.41. The molecule has 0 spiro atoms. The van der Waals surface area contributed by atoms with E-state index in [0.717, 1.165) is 12.1 Å². The third kappa shape index (κ3) is 2.83. The van der Waals surface area contributed by atoms with Crippen LogP contribution in [0.1, 0.15) is 35.5 Å². The number of hydrogen-bond acceptors (Lipinski definition) is 4. The van der Waals surface area contributed by atoms with Crippen molar-refractivity contribution in [1.82, 2.24) is 5.16 Å². The van der Waals surface area contributed by atoms with E-state index in [0.29, 0.717) is 5.69 Å². The van der Waals surface area contributed by atoms with Crippen LogP contribution in [0.3, 0.4) is 0 Å². The Morgan fingerprint density at radius 2 is 2.04 bits per heavy atom. The minimum Gasteiger partial charge on any atom is -0.484 e. The average Bonchev–Trinajstić information content (AvgIpc) is 2.89. The van der Waals surface area contributed by atoms with E-state index in [1.54, 1.807) is 20.8 Å². The first-order valence-corrected chi connectivity index (χ1v) is 7.21. The Hall–Kier alpha value is -2.51. The fourth-order valence-corrected chi connectivity index (χ4v) is 2.61. The second-order valence-corrected chi connectivity index (χ2v) is 6.25. The van der Waals surface area contributed by atoms with Crippen molar-refractivity contribution in [2.45, 2.75) is 32.5 Å². The van der Waals surface area contributed by atoms with Crippen molar-refractivity contribution in [2.75, 3.05) is 11.4 Å². The van der Waals surface area contributed by atoms with Crippen LogP contribution >= 0.6 is 0 Å². The van der Waals surface area contributed by atoms with Gasteiger partial charge in [-0.2, -0.15) is 13.2 Å². The predicted molar refractivity (Wildman–Crippen MR) is 79.1 cm³/mol. The maximum absolute atomic E-state index is 13.0. The van der Waals surface area contributed by atoms with Crippen LogP contribution in [-0.2, 0) is 6.18 Å². The molecule has 0 aliphatic carbocycles. The Bertz CT molecular complexity index is 796. The number of benzene rings is 1. The van der Waals surface area contributed by atoms with Crippen molar-refractivity contribution in [2.24, 2.45) is 0 Å². The van der Waals surface area contributed by atoms with Crippen LogP contribution in [0.4, 0.5) is 18.9 Å². The molecule has 0 fully saturated rings. The molecule has 1 aliphatic rings. The maximum Gasteiger partial charge on any atom is 0.416 e. The second kappa shape index (κ2) is 5.25. The number of amides is 1. The fourth-order valence-electron chi connectivity index (χ4n) is 2.61. The molecule has 2 aromatic rings. The first-order chi connectivity index (χ1) is 11.1. The molecule has 0 saturated heterocycles. The molecule has 0 bridgehead atoms. The normalized spacial score (nSPS) is 16.5. The van der Waals surface area contributed by atoms with Crippen LogP contribution in [0.2, 0.25) is 0 Å². The Kier molecular flexibility index (Phi) is 3.58. The molecule has 1 aromatic carbocycles. The third-order valence-electron chi connectivity index (χ3n) is 3.73. The van der Waals surface area contributed by atoms with E-state index >= 15 is 0 Å². The smallest absolute Gasteiger partial charge is 0.416 e. The van der Waals surface area contributed by atoms with Crippen LogP contribution in [0.5, 0.6) is 5.75 Å². The van der Waals surface area contributed by atoms with Crippen molar-refractivity contribution >= 4 is 11.6 Å². The van der Waals surface area contributed by atoms with Gasteiger partial charge in [0.15, 0.2) is 0 Å². The van der Waals surface area contributed by atoms with Crippen molar-refractivity contribution < 1.29 is 27.2 Å².